The third-order valence-electron chi connectivity index (χ3n) is 3.22. The molecule has 0 bridgehead atoms. The predicted octanol–water partition coefficient (Wildman–Crippen LogP) is 3.72. The molecule has 18 heavy (non-hydrogen) atoms. The van der Waals surface area contributed by atoms with E-state index in [0.717, 1.165) is 22.0 Å². The Morgan fingerprint density at radius 1 is 1.33 bits per heavy atom. The van der Waals surface area contributed by atoms with E-state index in [1.807, 2.05) is 18.2 Å². The Kier molecular flexibility index (Phi) is 3.37. The number of hydrogen-bond donors (Lipinski definition) is 1. The van der Waals surface area contributed by atoms with Crippen molar-refractivity contribution in [3.8, 4) is 0 Å². The molecule has 4 heteroatoms. The molecule has 0 saturated heterocycles. The zero-order valence-corrected chi connectivity index (χ0v) is 11.6. The normalized spacial score (nSPS) is 15.0. The van der Waals surface area contributed by atoms with Crippen molar-refractivity contribution in [3.05, 3.63) is 50.4 Å². The van der Waals surface area contributed by atoms with Gasteiger partial charge in [-0.3, -0.25) is 0 Å². The fourth-order valence-electron chi connectivity index (χ4n) is 2.12. The molecule has 0 unspecified atom stereocenters. The molecular formula is C14H15ClN2S. The molecule has 2 N–H and O–H groups in total. The fraction of sp³-hybridized carbons (Fsp3) is 0.357. The molecule has 94 valence electrons. The van der Waals surface area contributed by atoms with Crippen LogP contribution in [0.4, 0.5) is 0 Å². The van der Waals surface area contributed by atoms with Gasteiger partial charge in [0.05, 0.1) is 10.7 Å². The summed E-state index contributed by atoms with van der Waals surface area (Å²) in [4.78, 5) is 6.01. The molecule has 1 aromatic carbocycles. The van der Waals surface area contributed by atoms with Crippen molar-refractivity contribution in [3.63, 3.8) is 0 Å². The van der Waals surface area contributed by atoms with Crippen LogP contribution in [0.2, 0.25) is 5.02 Å². The summed E-state index contributed by atoms with van der Waals surface area (Å²) >= 11 is 7.92. The number of halogens is 1. The monoisotopic (exact) mass is 278 g/mol. The minimum Gasteiger partial charge on any atom is -0.326 e. The van der Waals surface area contributed by atoms with Gasteiger partial charge in [0.25, 0.3) is 0 Å². The summed E-state index contributed by atoms with van der Waals surface area (Å²) in [6.45, 7) is 0.603. The van der Waals surface area contributed by atoms with Gasteiger partial charge in [-0.2, -0.15) is 0 Å². The first kappa shape index (κ1) is 12.2. The van der Waals surface area contributed by atoms with Gasteiger partial charge < -0.3 is 5.73 Å². The molecule has 0 atom stereocenters. The fourth-order valence-corrected chi connectivity index (χ4v) is 3.38. The maximum atomic E-state index is 6.18. The number of nitrogens with zero attached hydrogens (tertiary/aromatic N) is 1. The first-order chi connectivity index (χ1) is 8.78. The van der Waals surface area contributed by atoms with Crippen LogP contribution >= 0.6 is 22.9 Å². The molecule has 1 fully saturated rings. The lowest BCUT2D eigenvalue weighted by molar-refractivity contribution is 0.959. The third-order valence-corrected chi connectivity index (χ3v) is 4.68. The van der Waals surface area contributed by atoms with Gasteiger partial charge in [0.15, 0.2) is 0 Å². The number of aromatic nitrogens is 1. The van der Waals surface area contributed by atoms with E-state index in [9.17, 15) is 0 Å². The summed E-state index contributed by atoms with van der Waals surface area (Å²) < 4.78 is 0. The van der Waals surface area contributed by atoms with Gasteiger partial charge in [0, 0.05) is 28.8 Å². The maximum Gasteiger partial charge on any atom is 0.0976 e. The summed E-state index contributed by atoms with van der Waals surface area (Å²) in [7, 11) is 0. The highest BCUT2D eigenvalue weighted by atomic mass is 35.5. The number of rotatable bonds is 4. The number of hydrogen-bond acceptors (Lipinski definition) is 3. The van der Waals surface area contributed by atoms with Gasteiger partial charge in [-0.1, -0.05) is 29.8 Å². The van der Waals surface area contributed by atoms with Crippen LogP contribution in [0.25, 0.3) is 0 Å². The Morgan fingerprint density at radius 2 is 2.11 bits per heavy atom. The third kappa shape index (κ3) is 2.44. The molecular weight excluding hydrogens is 264 g/mol. The minimum atomic E-state index is 0.603. The minimum absolute atomic E-state index is 0.603. The van der Waals surface area contributed by atoms with Gasteiger partial charge >= 0.3 is 0 Å². The van der Waals surface area contributed by atoms with E-state index in [2.05, 4.69) is 6.07 Å². The van der Waals surface area contributed by atoms with Crippen molar-refractivity contribution in [2.75, 3.05) is 0 Å². The topological polar surface area (TPSA) is 38.9 Å². The second-order valence-electron chi connectivity index (χ2n) is 4.66. The summed E-state index contributed by atoms with van der Waals surface area (Å²) in [5.74, 6) is 0.666. The molecule has 0 spiro atoms. The van der Waals surface area contributed by atoms with Crippen LogP contribution < -0.4 is 5.73 Å². The van der Waals surface area contributed by atoms with E-state index in [-0.39, 0.29) is 0 Å². The second-order valence-corrected chi connectivity index (χ2v) is 6.24. The van der Waals surface area contributed by atoms with Crippen molar-refractivity contribution < 1.29 is 0 Å². The van der Waals surface area contributed by atoms with E-state index < -0.39 is 0 Å². The predicted molar refractivity (Wildman–Crippen MR) is 76.2 cm³/mol. The summed E-state index contributed by atoms with van der Waals surface area (Å²) in [5, 5.41) is 1.94. The zero-order valence-electron chi connectivity index (χ0n) is 10.0. The van der Waals surface area contributed by atoms with Crippen LogP contribution in [0.5, 0.6) is 0 Å². The van der Waals surface area contributed by atoms with E-state index in [0.29, 0.717) is 12.5 Å². The van der Waals surface area contributed by atoms with Crippen LogP contribution in [-0.2, 0) is 13.0 Å². The van der Waals surface area contributed by atoms with Crippen molar-refractivity contribution in [2.45, 2.75) is 31.7 Å². The average molecular weight is 279 g/mol. The van der Waals surface area contributed by atoms with Crippen molar-refractivity contribution in [2.24, 2.45) is 5.73 Å². The van der Waals surface area contributed by atoms with E-state index in [1.54, 1.807) is 11.3 Å². The quantitative estimate of drug-likeness (QED) is 0.926. The van der Waals surface area contributed by atoms with Gasteiger partial charge in [-0.25, -0.2) is 4.98 Å². The highest BCUT2D eigenvalue weighted by Gasteiger charge is 2.29. The van der Waals surface area contributed by atoms with Crippen LogP contribution in [0, 0.1) is 0 Å². The Balaban J connectivity index is 1.86. The standard InChI is InChI=1S/C14H15ClN2S/c15-11-4-2-1-3-10(11)7-13-17-14(9-5-6-9)12(8-16)18-13/h1-4,9H,5-8,16H2. The molecule has 1 aromatic heterocycles. The highest BCUT2D eigenvalue weighted by Crippen LogP contribution is 2.42. The van der Waals surface area contributed by atoms with Crippen LogP contribution in [-0.4, -0.2) is 4.98 Å². The molecule has 2 nitrogen and oxygen atoms in total. The molecule has 1 aliphatic rings. The summed E-state index contributed by atoms with van der Waals surface area (Å²) in [6, 6.07) is 7.95. The number of thiazole rings is 1. The van der Waals surface area contributed by atoms with Crippen LogP contribution in [0.3, 0.4) is 0 Å². The second kappa shape index (κ2) is 5.00. The summed E-state index contributed by atoms with van der Waals surface area (Å²) in [6.07, 6.45) is 3.34. The van der Waals surface area contributed by atoms with Gasteiger partial charge in [-0.05, 0) is 24.5 Å². The first-order valence-electron chi connectivity index (χ1n) is 6.20. The highest BCUT2D eigenvalue weighted by molar-refractivity contribution is 7.11. The molecule has 0 radical (unpaired) electrons. The molecule has 0 aliphatic heterocycles. The van der Waals surface area contributed by atoms with Crippen LogP contribution in [0.1, 0.15) is 39.9 Å². The van der Waals surface area contributed by atoms with E-state index >= 15 is 0 Å². The summed E-state index contributed by atoms with van der Waals surface area (Å²) in [5.41, 5.74) is 8.18. The largest absolute Gasteiger partial charge is 0.326 e. The molecule has 0 amide bonds. The number of nitrogens with two attached hydrogens (primary N) is 1. The van der Waals surface area contributed by atoms with Crippen LogP contribution in [0.15, 0.2) is 24.3 Å². The molecule has 1 aliphatic carbocycles. The smallest absolute Gasteiger partial charge is 0.0976 e. The van der Waals surface area contributed by atoms with Gasteiger partial charge in [0.2, 0.25) is 0 Å². The lowest BCUT2D eigenvalue weighted by Crippen LogP contribution is -1.97. The lowest BCUT2D eigenvalue weighted by Gasteiger charge is -2.00. The van der Waals surface area contributed by atoms with Crippen molar-refractivity contribution >= 4 is 22.9 Å². The maximum absolute atomic E-state index is 6.18. The van der Waals surface area contributed by atoms with Gasteiger partial charge in [-0.15, -0.1) is 11.3 Å². The Morgan fingerprint density at radius 3 is 2.78 bits per heavy atom. The van der Waals surface area contributed by atoms with Gasteiger partial charge in [0.1, 0.15) is 0 Å². The van der Waals surface area contributed by atoms with Crippen molar-refractivity contribution in [1.29, 1.82) is 0 Å². The Bertz CT molecular complexity index is 561. The SMILES string of the molecule is NCc1sc(Cc2ccccc2Cl)nc1C1CC1. The Labute approximate surface area is 116 Å². The molecule has 1 saturated carbocycles. The van der Waals surface area contributed by atoms with Crippen molar-refractivity contribution in [1.82, 2.24) is 4.98 Å². The lowest BCUT2D eigenvalue weighted by atomic mass is 10.1. The average Bonchev–Trinajstić information content (AvgIpc) is 3.14. The zero-order chi connectivity index (χ0) is 12.5. The molecule has 1 heterocycles. The van der Waals surface area contributed by atoms with E-state index in [1.165, 1.54) is 23.4 Å². The van der Waals surface area contributed by atoms with E-state index in [4.69, 9.17) is 22.3 Å². The number of benzene rings is 1. The molecule has 3 rings (SSSR count). The Hall–Kier alpha value is -0.900. The first-order valence-corrected chi connectivity index (χ1v) is 7.39. The molecule has 2 aromatic rings.